The molecule has 1 fully saturated rings. The number of piperazine rings is 1. The van der Waals surface area contributed by atoms with Crippen molar-refractivity contribution < 1.29 is 14.3 Å². The zero-order valence-electron chi connectivity index (χ0n) is 19.0. The minimum absolute atomic E-state index is 0.0371. The monoisotopic (exact) mass is 444 g/mol. The van der Waals surface area contributed by atoms with E-state index >= 15 is 0 Å². The Morgan fingerprint density at radius 2 is 2.06 bits per heavy atom. The fourth-order valence-electron chi connectivity index (χ4n) is 4.50. The molecule has 0 saturated carbocycles. The second-order valence-electron chi connectivity index (χ2n) is 8.90. The third kappa shape index (κ3) is 4.48. The molecule has 0 atom stereocenters. The van der Waals surface area contributed by atoms with E-state index in [1.165, 1.54) is 0 Å². The molecule has 0 unspecified atom stereocenters. The van der Waals surface area contributed by atoms with Crippen molar-refractivity contribution in [2.75, 3.05) is 39.3 Å². The molecule has 0 radical (unpaired) electrons. The molecule has 0 aromatic heterocycles. The molecule has 2 N–H and O–H groups in total. The number of carbonyl (C=O) groups is 2. The van der Waals surface area contributed by atoms with Gasteiger partial charge in [0.15, 0.2) is 5.78 Å². The van der Waals surface area contributed by atoms with E-state index in [-0.39, 0.29) is 11.7 Å². The van der Waals surface area contributed by atoms with Crippen LogP contribution < -0.4 is 15.4 Å². The lowest BCUT2D eigenvalue weighted by Crippen LogP contribution is -2.48. The summed E-state index contributed by atoms with van der Waals surface area (Å²) in [6.07, 6.45) is 5.23. The Labute approximate surface area is 194 Å². The molecule has 4 rings (SSSR count). The van der Waals surface area contributed by atoms with Crippen LogP contribution in [0.2, 0.25) is 0 Å². The predicted molar refractivity (Wildman–Crippen MR) is 126 cm³/mol. The zero-order valence-corrected chi connectivity index (χ0v) is 19.0. The summed E-state index contributed by atoms with van der Waals surface area (Å²) in [7, 11) is 0. The van der Waals surface area contributed by atoms with Crippen molar-refractivity contribution >= 4 is 11.7 Å². The number of nitrogens with one attached hydrogen (secondary N) is 2. The van der Waals surface area contributed by atoms with E-state index < -0.39 is 5.41 Å². The second kappa shape index (κ2) is 9.08. The largest absolute Gasteiger partial charge is 0.492 e. The van der Waals surface area contributed by atoms with Crippen LogP contribution in [0, 0.1) is 11.3 Å². The van der Waals surface area contributed by atoms with Gasteiger partial charge < -0.3 is 15.4 Å². The van der Waals surface area contributed by atoms with Crippen LogP contribution in [0.5, 0.6) is 5.75 Å². The number of nitriles is 1. The average Bonchev–Trinajstić information content (AvgIpc) is 2.87. The number of Topliss-reactive ketones (excluding diaryl/α,β-unsaturated/α-hetero) is 1. The van der Waals surface area contributed by atoms with E-state index in [4.69, 9.17) is 4.74 Å². The molecule has 1 aromatic carbocycles. The highest BCUT2D eigenvalue weighted by Gasteiger charge is 2.39. The molecule has 170 valence electrons. The number of carbonyl (C=O) groups excluding carboxylic acids is 2. The predicted octanol–water partition coefficient (Wildman–Crippen LogP) is 2.39. The number of nitrogens with zero attached hydrogens (tertiary/aromatic N) is 2. The third-order valence-corrected chi connectivity index (χ3v) is 6.32. The first kappa shape index (κ1) is 22.6. The van der Waals surface area contributed by atoms with E-state index in [0.29, 0.717) is 60.8 Å². The van der Waals surface area contributed by atoms with Gasteiger partial charge in [0, 0.05) is 54.0 Å². The van der Waals surface area contributed by atoms with E-state index in [1.54, 1.807) is 18.2 Å². The second-order valence-corrected chi connectivity index (χ2v) is 8.90. The minimum atomic E-state index is -0.495. The molecular weight excluding hydrogens is 416 g/mol. The minimum Gasteiger partial charge on any atom is -0.492 e. The lowest BCUT2D eigenvalue weighted by molar-refractivity contribution is -0.124. The van der Waals surface area contributed by atoms with E-state index in [9.17, 15) is 14.9 Å². The SMILES string of the molecule is C=C1/C=C\C(C#N)=C/CNC2=C1C(=O)c1ccc(OCCN3CCNC(=O)C3)cc1C2(C)C. The Morgan fingerprint density at radius 3 is 2.82 bits per heavy atom. The summed E-state index contributed by atoms with van der Waals surface area (Å²) in [4.78, 5) is 27.1. The number of fused-ring (bicyclic) bond motifs is 1. The van der Waals surface area contributed by atoms with Crippen molar-refractivity contribution in [3.8, 4) is 11.8 Å². The Morgan fingerprint density at radius 1 is 1.24 bits per heavy atom. The maximum absolute atomic E-state index is 13.5. The van der Waals surface area contributed by atoms with Gasteiger partial charge >= 0.3 is 0 Å². The highest BCUT2D eigenvalue weighted by Crippen LogP contribution is 2.43. The Hall–Kier alpha value is -3.63. The van der Waals surface area contributed by atoms with Crippen LogP contribution in [0.25, 0.3) is 0 Å². The van der Waals surface area contributed by atoms with E-state index in [1.807, 2.05) is 18.2 Å². The van der Waals surface area contributed by atoms with Crippen molar-refractivity contribution in [2.24, 2.45) is 0 Å². The molecular formula is C26H28N4O3. The summed E-state index contributed by atoms with van der Waals surface area (Å²) in [5, 5.41) is 15.5. The van der Waals surface area contributed by atoms with Crippen LogP contribution in [-0.2, 0) is 10.2 Å². The first-order chi connectivity index (χ1) is 15.8. The Kier molecular flexibility index (Phi) is 6.21. The van der Waals surface area contributed by atoms with Gasteiger partial charge in [0.25, 0.3) is 0 Å². The van der Waals surface area contributed by atoms with Gasteiger partial charge in [-0.05, 0) is 41.5 Å². The van der Waals surface area contributed by atoms with Crippen LogP contribution in [0.1, 0.15) is 29.8 Å². The van der Waals surface area contributed by atoms with Crippen molar-refractivity contribution in [3.63, 3.8) is 0 Å². The number of hydrogen-bond acceptors (Lipinski definition) is 6. The molecule has 1 aromatic rings. The van der Waals surface area contributed by atoms with E-state index in [0.717, 1.165) is 17.8 Å². The van der Waals surface area contributed by atoms with Crippen molar-refractivity contribution in [3.05, 3.63) is 76.5 Å². The molecule has 33 heavy (non-hydrogen) atoms. The van der Waals surface area contributed by atoms with Gasteiger partial charge in [-0.3, -0.25) is 14.5 Å². The number of allylic oxidation sites excluding steroid dienone is 6. The standard InChI is InChI=1S/C26H28N4O3/c1-17-4-5-18(15-27)8-9-29-25-23(17)24(32)20-7-6-19(14-21(20)26(25,2)3)33-13-12-30-11-10-28-22(31)16-30/h4-8,14,29H,1,9-13,16H2,2-3H3,(H,28,31)/b5-4-,18-8+. The van der Waals surface area contributed by atoms with Crippen molar-refractivity contribution in [1.29, 1.82) is 5.26 Å². The van der Waals surface area contributed by atoms with Crippen LogP contribution in [0.3, 0.4) is 0 Å². The first-order valence-corrected chi connectivity index (χ1v) is 11.1. The smallest absolute Gasteiger partial charge is 0.234 e. The van der Waals surface area contributed by atoms with Gasteiger partial charge in [-0.2, -0.15) is 5.26 Å². The lowest BCUT2D eigenvalue weighted by atomic mass is 9.70. The fraction of sp³-hybridized carbons (Fsp3) is 0.346. The zero-order chi connectivity index (χ0) is 23.6. The molecule has 2 heterocycles. The van der Waals surface area contributed by atoms with Crippen LogP contribution in [-0.4, -0.2) is 55.9 Å². The maximum atomic E-state index is 13.5. The number of ketones is 1. The van der Waals surface area contributed by atoms with Gasteiger partial charge in [-0.1, -0.05) is 26.5 Å². The maximum Gasteiger partial charge on any atom is 0.234 e. The summed E-state index contributed by atoms with van der Waals surface area (Å²) < 4.78 is 5.99. The number of ether oxygens (including phenoxy) is 1. The van der Waals surface area contributed by atoms with Gasteiger partial charge in [-0.25, -0.2) is 0 Å². The van der Waals surface area contributed by atoms with Gasteiger partial charge in [-0.15, -0.1) is 0 Å². The molecule has 0 bridgehead atoms. The normalized spacial score (nSPS) is 22.8. The molecule has 0 spiro atoms. The number of benzene rings is 1. The molecule has 7 nitrogen and oxygen atoms in total. The van der Waals surface area contributed by atoms with Gasteiger partial charge in [0.05, 0.1) is 12.6 Å². The van der Waals surface area contributed by atoms with Gasteiger partial charge in [0.1, 0.15) is 12.4 Å². The summed E-state index contributed by atoms with van der Waals surface area (Å²) in [6.45, 7) is 11.6. The summed E-state index contributed by atoms with van der Waals surface area (Å²) in [5.74, 6) is 0.636. The topological polar surface area (TPSA) is 94.5 Å². The number of hydrogen-bond donors (Lipinski definition) is 2. The quantitative estimate of drug-likeness (QED) is 0.741. The molecule has 3 aliphatic rings. The van der Waals surface area contributed by atoms with Crippen LogP contribution >= 0.6 is 0 Å². The third-order valence-electron chi connectivity index (χ3n) is 6.32. The average molecular weight is 445 g/mol. The molecule has 1 aliphatic carbocycles. The summed E-state index contributed by atoms with van der Waals surface area (Å²) in [5.41, 5.74) is 3.46. The molecule has 2 aliphatic heterocycles. The van der Waals surface area contributed by atoms with Crippen LogP contribution in [0.4, 0.5) is 0 Å². The lowest BCUT2D eigenvalue weighted by Gasteiger charge is -2.37. The molecule has 1 amide bonds. The highest BCUT2D eigenvalue weighted by atomic mass is 16.5. The number of amides is 1. The Bertz CT molecular complexity index is 1150. The van der Waals surface area contributed by atoms with Crippen LogP contribution in [0.15, 0.2) is 65.4 Å². The number of rotatable bonds is 4. The van der Waals surface area contributed by atoms with Crippen molar-refractivity contribution in [2.45, 2.75) is 19.3 Å². The highest BCUT2D eigenvalue weighted by molar-refractivity contribution is 6.15. The fourth-order valence-corrected chi connectivity index (χ4v) is 4.50. The summed E-state index contributed by atoms with van der Waals surface area (Å²) >= 11 is 0. The Balaban J connectivity index is 1.58. The van der Waals surface area contributed by atoms with Gasteiger partial charge in [0.2, 0.25) is 5.91 Å². The molecule has 1 saturated heterocycles. The van der Waals surface area contributed by atoms with Crippen molar-refractivity contribution in [1.82, 2.24) is 15.5 Å². The first-order valence-electron chi connectivity index (χ1n) is 11.1. The van der Waals surface area contributed by atoms with E-state index in [2.05, 4.69) is 42.0 Å². The molecule has 7 heteroatoms. The summed E-state index contributed by atoms with van der Waals surface area (Å²) in [6, 6.07) is 7.72.